The average Bonchev–Trinajstić information content (AvgIpc) is 3.02. The van der Waals surface area contributed by atoms with Gasteiger partial charge in [0.15, 0.2) is 0 Å². The zero-order chi connectivity index (χ0) is 21.5. The number of carbonyl (C=O) groups excluding carboxylic acids is 4. The fraction of sp³-hybridized carbons (Fsp3) is 0.273. The minimum atomic E-state index is -0.910. The number of hydrogen-bond donors (Lipinski definition) is 2. The maximum atomic E-state index is 13.2. The quantitative estimate of drug-likeness (QED) is 0.786. The molecule has 1 saturated heterocycles. The van der Waals surface area contributed by atoms with Gasteiger partial charge in [-0.05, 0) is 37.1 Å². The number of nitrogens with one attached hydrogen (secondary N) is 1. The second kappa shape index (κ2) is 7.29. The highest BCUT2D eigenvalue weighted by Gasteiger charge is 2.53. The average molecular weight is 406 g/mol. The van der Waals surface area contributed by atoms with Gasteiger partial charge < -0.3 is 16.0 Å². The van der Waals surface area contributed by atoms with Crippen molar-refractivity contribution in [2.24, 2.45) is 5.73 Å². The van der Waals surface area contributed by atoms with Crippen LogP contribution in [0.5, 0.6) is 0 Å². The molecule has 4 amide bonds. The molecule has 1 atom stereocenters. The predicted octanol–water partition coefficient (Wildman–Crippen LogP) is 1.65. The Labute approximate surface area is 173 Å². The molecule has 1 unspecified atom stereocenters. The first-order chi connectivity index (χ1) is 14.3. The van der Waals surface area contributed by atoms with Gasteiger partial charge in [-0.25, -0.2) is 0 Å². The van der Waals surface area contributed by atoms with Crippen LogP contribution in [-0.4, -0.2) is 40.7 Å². The number of fused-ring (bicyclic) bond motifs is 3. The Hall–Kier alpha value is -3.68. The first-order valence-electron chi connectivity index (χ1n) is 9.71. The van der Waals surface area contributed by atoms with Crippen LogP contribution in [0.4, 0.5) is 11.4 Å². The third-order valence-corrected chi connectivity index (χ3v) is 5.70. The zero-order valence-electron chi connectivity index (χ0n) is 16.6. The van der Waals surface area contributed by atoms with Crippen molar-refractivity contribution in [3.05, 3.63) is 59.7 Å². The first-order valence-corrected chi connectivity index (χ1v) is 9.71. The van der Waals surface area contributed by atoms with Gasteiger partial charge >= 0.3 is 0 Å². The summed E-state index contributed by atoms with van der Waals surface area (Å²) in [6.45, 7) is 1.58. The molecule has 2 aromatic rings. The lowest BCUT2D eigenvalue weighted by molar-refractivity contribution is -0.120. The summed E-state index contributed by atoms with van der Waals surface area (Å²) < 4.78 is 0. The number of primary amides is 1. The normalized spacial score (nSPS) is 20.0. The molecule has 0 saturated carbocycles. The minimum Gasteiger partial charge on any atom is -0.369 e. The van der Waals surface area contributed by atoms with Crippen LogP contribution in [0.3, 0.4) is 0 Å². The van der Waals surface area contributed by atoms with Crippen molar-refractivity contribution in [3.63, 3.8) is 0 Å². The summed E-state index contributed by atoms with van der Waals surface area (Å²) in [6.07, 6.45) is 0.738. The Kier molecular flexibility index (Phi) is 4.77. The van der Waals surface area contributed by atoms with Gasteiger partial charge in [0.1, 0.15) is 12.2 Å². The molecule has 0 bridgehead atoms. The van der Waals surface area contributed by atoms with Gasteiger partial charge in [-0.3, -0.25) is 24.1 Å². The van der Waals surface area contributed by atoms with E-state index in [2.05, 4.69) is 5.32 Å². The van der Waals surface area contributed by atoms with Crippen molar-refractivity contribution in [2.45, 2.75) is 31.8 Å². The maximum Gasteiger partial charge on any atom is 0.258 e. The molecule has 2 aliphatic rings. The van der Waals surface area contributed by atoms with Gasteiger partial charge in [0.25, 0.3) is 5.91 Å². The summed E-state index contributed by atoms with van der Waals surface area (Å²) in [6, 6.07) is 13.8. The second-order valence-electron chi connectivity index (χ2n) is 7.70. The standard InChI is InChI=1S/C22H22N4O4/c1-22-11-10-20(29)26(22)17-9-5-3-7-15(17)21(30)25(22)13-19(28)24-16-8-4-2-6-14(16)12-18(23)27/h2-9H,10-13H2,1H3,(H2,23,27)(H,24,28). The molecule has 2 aliphatic heterocycles. The van der Waals surface area contributed by atoms with E-state index in [1.54, 1.807) is 60.4 Å². The van der Waals surface area contributed by atoms with Crippen molar-refractivity contribution in [3.8, 4) is 0 Å². The van der Waals surface area contributed by atoms with E-state index in [9.17, 15) is 19.2 Å². The Morgan fingerprint density at radius 2 is 1.80 bits per heavy atom. The number of nitrogens with two attached hydrogens (primary N) is 1. The van der Waals surface area contributed by atoms with Crippen LogP contribution < -0.4 is 16.0 Å². The molecule has 0 radical (unpaired) electrons. The molecule has 30 heavy (non-hydrogen) atoms. The number of amides is 4. The van der Waals surface area contributed by atoms with E-state index in [1.165, 1.54) is 4.90 Å². The molecule has 8 heteroatoms. The summed E-state index contributed by atoms with van der Waals surface area (Å²) in [7, 11) is 0. The lowest BCUT2D eigenvalue weighted by Crippen LogP contribution is -2.63. The van der Waals surface area contributed by atoms with Gasteiger partial charge in [0.05, 0.1) is 17.7 Å². The molecule has 0 aliphatic carbocycles. The van der Waals surface area contributed by atoms with Crippen molar-refractivity contribution >= 4 is 35.0 Å². The molecular formula is C22H22N4O4. The van der Waals surface area contributed by atoms with E-state index >= 15 is 0 Å². The van der Waals surface area contributed by atoms with E-state index in [1.807, 2.05) is 0 Å². The molecule has 154 valence electrons. The van der Waals surface area contributed by atoms with Crippen LogP contribution in [-0.2, 0) is 20.8 Å². The number of nitrogens with zero attached hydrogens (tertiary/aromatic N) is 2. The fourth-order valence-electron chi connectivity index (χ4n) is 4.26. The molecule has 1 fully saturated rings. The predicted molar refractivity (Wildman–Crippen MR) is 111 cm³/mol. The van der Waals surface area contributed by atoms with Crippen molar-refractivity contribution in [2.75, 3.05) is 16.8 Å². The Morgan fingerprint density at radius 1 is 1.10 bits per heavy atom. The number of benzene rings is 2. The van der Waals surface area contributed by atoms with Crippen LogP contribution in [0.2, 0.25) is 0 Å². The van der Waals surface area contributed by atoms with Crippen LogP contribution in [0.15, 0.2) is 48.5 Å². The van der Waals surface area contributed by atoms with Gasteiger partial charge in [0.2, 0.25) is 17.7 Å². The molecule has 8 nitrogen and oxygen atoms in total. The van der Waals surface area contributed by atoms with Crippen LogP contribution >= 0.6 is 0 Å². The lowest BCUT2D eigenvalue weighted by atomic mass is 9.98. The molecule has 0 spiro atoms. The van der Waals surface area contributed by atoms with Crippen LogP contribution in [0.1, 0.15) is 35.7 Å². The van der Waals surface area contributed by atoms with Gasteiger partial charge in [-0.1, -0.05) is 30.3 Å². The first kappa shape index (κ1) is 19.6. The smallest absolute Gasteiger partial charge is 0.258 e. The Bertz CT molecular complexity index is 1070. The molecule has 4 rings (SSSR count). The molecule has 2 aromatic carbocycles. The molecule has 2 heterocycles. The van der Waals surface area contributed by atoms with Crippen molar-refractivity contribution in [1.29, 1.82) is 0 Å². The van der Waals surface area contributed by atoms with E-state index in [0.717, 1.165) is 0 Å². The second-order valence-corrected chi connectivity index (χ2v) is 7.70. The van der Waals surface area contributed by atoms with E-state index in [-0.39, 0.29) is 24.8 Å². The van der Waals surface area contributed by atoms with Gasteiger partial charge in [-0.15, -0.1) is 0 Å². The SMILES string of the molecule is CC12CCC(=O)N1c1ccccc1C(=O)N2CC(=O)Nc1ccccc1CC(N)=O. The number of rotatable bonds is 5. The van der Waals surface area contributed by atoms with Gasteiger partial charge in [-0.2, -0.15) is 0 Å². The van der Waals surface area contributed by atoms with Gasteiger partial charge in [0, 0.05) is 12.1 Å². The third-order valence-electron chi connectivity index (χ3n) is 5.70. The monoisotopic (exact) mass is 406 g/mol. The Balaban J connectivity index is 1.62. The summed E-state index contributed by atoms with van der Waals surface area (Å²) in [5, 5.41) is 2.77. The van der Waals surface area contributed by atoms with Crippen molar-refractivity contribution < 1.29 is 19.2 Å². The number of carbonyl (C=O) groups is 4. The summed E-state index contributed by atoms with van der Waals surface area (Å²) in [5.41, 5.74) is 6.41. The van der Waals surface area contributed by atoms with E-state index in [4.69, 9.17) is 5.73 Å². The summed E-state index contributed by atoms with van der Waals surface area (Å²) in [5.74, 6) is -1.29. The molecule has 0 aromatic heterocycles. The van der Waals surface area contributed by atoms with Crippen LogP contribution in [0.25, 0.3) is 0 Å². The maximum absolute atomic E-state index is 13.2. The zero-order valence-corrected chi connectivity index (χ0v) is 16.6. The van der Waals surface area contributed by atoms with E-state index in [0.29, 0.717) is 35.3 Å². The summed E-state index contributed by atoms with van der Waals surface area (Å²) in [4.78, 5) is 53.1. The highest BCUT2D eigenvalue weighted by molar-refractivity contribution is 6.11. The highest BCUT2D eigenvalue weighted by Crippen LogP contribution is 2.43. The highest BCUT2D eigenvalue weighted by atomic mass is 16.2. The number of anilines is 2. The Morgan fingerprint density at radius 3 is 2.57 bits per heavy atom. The van der Waals surface area contributed by atoms with E-state index < -0.39 is 17.5 Å². The number of para-hydroxylation sites is 2. The fourth-order valence-corrected chi connectivity index (χ4v) is 4.26. The number of hydrogen-bond acceptors (Lipinski definition) is 4. The summed E-state index contributed by atoms with van der Waals surface area (Å²) >= 11 is 0. The molecule has 3 N–H and O–H groups in total. The van der Waals surface area contributed by atoms with Crippen molar-refractivity contribution in [1.82, 2.24) is 4.90 Å². The van der Waals surface area contributed by atoms with Crippen LogP contribution in [0, 0.1) is 0 Å². The lowest BCUT2D eigenvalue weighted by Gasteiger charge is -2.48. The largest absolute Gasteiger partial charge is 0.369 e. The third kappa shape index (κ3) is 3.20. The molecular weight excluding hydrogens is 384 g/mol. The minimum absolute atomic E-state index is 0.00747. The topological polar surface area (TPSA) is 113 Å².